The van der Waals surface area contributed by atoms with Crippen LogP contribution in [0.25, 0.3) is 0 Å². The van der Waals surface area contributed by atoms with Crippen LogP contribution in [0.1, 0.15) is 23.7 Å². The van der Waals surface area contributed by atoms with E-state index in [2.05, 4.69) is 4.74 Å². The Morgan fingerprint density at radius 3 is 2.42 bits per heavy atom. The summed E-state index contributed by atoms with van der Waals surface area (Å²) in [6.07, 6.45) is 0.691. The Bertz CT molecular complexity index is 410. The number of hydrogen-bond acceptors (Lipinski definition) is 2. The van der Waals surface area contributed by atoms with Crippen molar-refractivity contribution >= 4 is 17.5 Å². The van der Waals surface area contributed by atoms with Crippen molar-refractivity contribution in [3.05, 3.63) is 29.8 Å². The van der Waals surface area contributed by atoms with E-state index in [0.29, 0.717) is 18.5 Å². The number of rotatable bonds is 6. The zero-order valence-corrected chi connectivity index (χ0v) is 11.5. The zero-order chi connectivity index (χ0) is 14.4. The highest BCUT2D eigenvalue weighted by Gasteiger charge is 2.13. The van der Waals surface area contributed by atoms with Crippen LogP contribution in [0.15, 0.2) is 24.3 Å². The van der Waals surface area contributed by atoms with Gasteiger partial charge in [-0.15, -0.1) is 11.6 Å². The predicted molar refractivity (Wildman–Crippen MR) is 70.0 cm³/mol. The van der Waals surface area contributed by atoms with Gasteiger partial charge in [0.05, 0.1) is 0 Å². The summed E-state index contributed by atoms with van der Waals surface area (Å²) in [6, 6.07) is 5.61. The molecule has 19 heavy (non-hydrogen) atoms. The summed E-state index contributed by atoms with van der Waals surface area (Å²) < 4.78 is 28.2. The van der Waals surface area contributed by atoms with Crippen LogP contribution in [0.3, 0.4) is 0 Å². The topological polar surface area (TPSA) is 29.5 Å². The third-order valence-electron chi connectivity index (χ3n) is 2.54. The normalized spacial score (nSPS) is 12.3. The summed E-state index contributed by atoms with van der Waals surface area (Å²) >= 11 is 5.82. The Balaban J connectivity index is 2.61. The zero-order valence-electron chi connectivity index (χ0n) is 10.8. The molecule has 0 aliphatic carbocycles. The van der Waals surface area contributed by atoms with Crippen LogP contribution in [0, 0.1) is 0 Å². The molecule has 0 aromatic heterocycles. The first kappa shape index (κ1) is 15.7. The third-order valence-corrected chi connectivity index (χ3v) is 2.75. The molecule has 1 aromatic carbocycles. The summed E-state index contributed by atoms with van der Waals surface area (Å²) in [5.74, 6) is -0.149. The highest BCUT2D eigenvalue weighted by Crippen LogP contribution is 2.16. The number of amides is 1. The summed E-state index contributed by atoms with van der Waals surface area (Å²) in [6.45, 7) is -0.468. The van der Waals surface area contributed by atoms with E-state index >= 15 is 0 Å². The molecule has 0 saturated carbocycles. The molecule has 106 valence electrons. The van der Waals surface area contributed by atoms with E-state index in [0.717, 1.165) is 0 Å². The first-order chi connectivity index (χ1) is 8.90. The van der Waals surface area contributed by atoms with Crippen LogP contribution in [0.2, 0.25) is 0 Å². The number of nitrogens with zero attached hydrogens (tertiary/aromatic N) is 1. The second kappa shape index (κ2) is 7.28. The van der Waals surface area contributed by atoms with E-state index in [4.69, 9.17) is 11.6 Å². The lowest BCUT2D eigenvalue weighted by atomic mass is 10.2. The minimum atomic E-state index is -2.87. The highest BCUT2D eigenvalue weighted by atomic mass is 35.5. The fourth-order valence-electron chi connectivity index (χ4n) is 1.47. The second-order valence-electron chi connectivity index (χ2n) is 4.20. The van der Waals surface area contributed by atoms with Crippen LogP contribution in [-0.2, 0) is 0 Å². The van der Waals surface area contributed by atoms with E-state index in [1.165, 1.54) is 24.3 Å². The van der Waals surface area contributed by atoms with Gasteiger partial charge in [0, 0.05) is 24.5 Å². The van der Waals surface area contributed by atoms with Gasteiger partial charge in [0.1, 0.15) is 5.75 Å². The largest absolute Gasteiger partial charge is 0.435 e. The molecule has 1 rings (SSSR count). The van der Waals surface area contributed by atoms with Gasteiger partial charge in [-0.3, -0.25) is 4.79 Å². The predicted octanol–water partition coefficient (Wildman–Crippen LogP) is 3.38. The van der Waals surface area contributed by atoms with Gasteiger partial charge in [0.15, 0.2) is 0 Å². The smallest absolute Gasteiger partial charge is 0.387 e. The molecule has 0 fully saturated rings. The summed E-state index contributed by atoms with van der Waals surface area (Å²) in [5.41, 5.74) is 0.423. The molecule has 1 amide bonds. The number of carbonyl (C=O) groups excluding carboxylic acids is 1. The number of hydrogen-bond donors (Lipinski definition) is 0. The highest BCUT2D eigenvalue weighted by molar-refractivity contribution is 6.20. The first-order valence-corrected chi connectivity index (χ1v) is 6.28. The monoisotopic (exact) mass is 291 g/mol. The van der Waals surface area contributed by atoms with E-state index in [-0.39, 0.29) is 17.0 Å². The molecule has 0 aliphatic heterocycles. The molecule has 0 N–H and O–H groups in total. The molecule has 0 aliphatic rings. The van der Waals surface area contributed by atoms with Gasteiger partial charge in [-0.1, -0.05) is 0 Å². The Labute approximate surface area is 116 Å². The maximum atomic E-state index is 12.0. The molecule has 1 unspecified atom stereocenters. The maximum Gasteiger partial charge on any atom is 0.387 e. The number of ether oxygens (including phenoxy) is 1. The minimum absolute atomic E-state index is 0.00271. The van der Waals surface area contributed by atoms with Crippen molar-refractivity contribution in [2.75, 3.05) is 13.6 Å². The fraction of sp³-hybridized carbons (Fsp3) is 0.462. The Hall–Kier alpha value is -1.36. The molecule has 0 spiro atoms. The van der Waals surface area contributed by atoms with Crippen molar-refractivity contribution in [1.29, 1.82) is 0 Å². The van der Waals surface area contributed by atoms with Crippen molar-refractivity contribution in [3.63, 3.8) is 0 Å². The molecule has 0 saturated heterocycles. The Kier molecular flexibility index (Phi) is 6.02. The van der Waals surface area contributed by atoms with Gasteiger partial charge in [-0.2, -0.15) is 8.78 Å². The molecular weight excluding hydrogens is 276 g/mol. The van der Waals surface area contributed by atoms with Crippen LogP contribution in [-0.4, -0.2) is 36.4 Å². The van der Waals surface area contributed by atoms with Gasteiger partial charge >= 0.3 is 6.61 Å². The molecule has 6 heteroatoms. The van der Waals surface area contributed by atoms with Gasteiger partial charge in [-0.25, -0.2) is 0 Å². The molecule has 0 heterocycles. The standard InChI is InChI=1S/C13H16ClF2NO2/c1-9(14)7-8-17(2)12(18)10-3-5-11(6-4-10)19-13(15)16/h3-6,9,13H,7-8H2,1-2H3. The van der Waals surface area contributed by atoms with Gasteiger partial charge in [0.25, 0.3) is 5.91 Å². The van der Waals surface area contributed by atoms with Crippen LogP contribution >= 0.6 is 11.6 Å². The molecule has 0 radical (unpaired) electrons. The molecular formula is C13H16ClF2NO2. The van der Waals surface area contributed by atoms with Gasteiger partial charge in [-0.05, 0) is 37.6 Å². The average molecular weight is 292 g/mol. The van der Waals surface area contributed by atoms with Gasteiger partial charge < -0.3 is 9.64 Å². The minimum Gasteiger partial charge on any atom is -0.435 e. The van der Waals surface area contributed by atoms with Crippen molar-refractivity contribution in [1.82, 2.24) is 4.90 Å². The summed E-state index contributed by atoms with van der Waals surface area (Å²) in [5, 5.41) is -0.00271. The van der Waals surface area contributed by atoms with Crippen molar-refractivity contribution < 1.29 is 18.3 Å². The number of alkyl halides is 3. The SMILES string of the molecule is CC(Cl)CCN(C)C(=O)c1ccc(OC(F)F)cc1. The summed E-state index contributed by atoms with van der Waals surface area (Å²) in [4.78, 5) is 13.5. The molecule has 0 bridgehead atoms. The second-order valence-corrected chi connectivity index (χ2v) is 4.94. The van der Waals surface area contributed by atoms with E-state index < -0.39 is 6.61 Å². The number of halogens is 3. The van der Waals surface area contributed by atoms with E-state index in [9.17, 15) is 13.6 Å². The molecule has 3 nitrogen and oxygen atoms in total. The quantitative estimate of drug-likeness (QED) is 0.752. The Morgan fingerprint density at radius 2 is 1.95 bits per heavy atom. The lowest BCUT2D eigenvalue weighted by molar-refractivity contribution is -0.0498. The maximum absolute atomic E-state index is 12.0. The van der Waals surface area contributed by atoms with Crippen LogP contribution in [0.5, 0.6) is 5.75 Å². The number of benzene rings is 1. The van der Waals surface area contributed by atoms with Crippen molar-refractivity contribution in [2.24, 2.45) is 0 Å². The summed E-state index contributed by atoms with van der Waals surface area (Å²) in [7, 11) is 1.67. The molecule has 1 aromatic rings. The van der Waals surface area contributed by atoms with Crippen LogP contribution < -0.4 is 4.74 Å². The lowest BCUT2D eigenvalue weighted by Gasteiger charge is -2.18. The molecule has 1 atom stereocenters. The van der Waals surface area contributed by atoms with E-state index in [1.54, 1.807) is 11.9 Å². The first-order valence-electron chi connectivity index (χ1n) is 5.84. The van der Waals surface area contributed by atoms with Crippen LogP contribution in [0.4, 0.5) is 8.78 Å². The average Bonchev–Trinajstić information content (AvgIpc) is 2.35. The van der Waals surface area contributed by atoms with Crippen molar-refractivity contribution in [3.8, 4) is 5.75 Å². The Morgan fingerprint density at radius 1 is 1.37 bits per heavy atom. The van der Waals surface area contributed by atoms with Crippen molar-refractivity contribution in [2.45, 2.75) is 25.3 Å². The number of carbonyl (C=O) groups is 1. The lowest BCUT2D eigenvalue weighted by Crippen LogP contribution is -2.28. The third kappa shape index (κ3) is 5.42. The van der Waals surface area contributed by atoms with E-state index in [1.807, 2.05) is 6.92 Å². The fourth-order valence-corrected chi connectivity index (χ4v) is 1.57. The van der Waals surface area contributed by atoms with Gasteiger partial charge in [0.2, 0.25) is 0 Å².